The van der Waals surface area contributed by atoms with Crippen LogP contribution in [0.25, 0.3) is 0 Å². The van der Waals surface area contributed by atoms with Crippen LogP contribution in [0.1, 0.15) is 11.1 Å². The summed E-state index contributed by atoms with van der Waals surface area (Å²) in [6.07, 6.45) is 0. The first-order chi connectivity index (χ1) is 9.90. The highest BCUT2D eigenvalue weighted by Crippen LogP contribution is 2.32. The van der Waals surface area contributed by atoms with Gasteiger partial charge in [0.2, 0.25) is 5.88 Å². The van der Waals surface area contributed by atoms with E-state index in [1.54, 1.807) is 12.1 Å². The van der Waals surface area contributed by atoms with Gasteiger partial charge in [0.05, 0.1) is 17.1 Å². The van der Waals surface area contributed by atoms with E-state index in [0.717, 1.165) is 11.1 Å². The number of nitro groups is 1. The molecule has 0 spiro atoms. The molecule has 2 aromatic rings. The van der Waals surface area contributed by atoms with Gasteiger partial charge in [-0.2, -0.15) is 4.98 Å². The minimum Gasteiger partial charge on any atom is -0.438 e. The van der Waals surface area contributed by atoms with Crippen molar-refractivity contribution in [3.63, 3.8) is 0 Å². The smallest absolute Gasteiger partial charge is 0.278 e. The third-order valence-electron chi connectivity index (χ3n) is 2.78. The molecule has 0 aliphatic rings. The Kier molecular flexibility index (Phi) is 4.25. The Morgan fingerprint density at radius 1 is 1.29 bits per heavy atom. The lowest BCUT2D eigenvalue weighted by atomic mass is 10.1. The molecule has 0 radical (unpaired) electrons. The van der Waals surface area contributed by atoms with Gasteiger partial charge in [0.25, 0.3) is 5.69 Å². The molecule has 21 heavy (non-hydrogen) atoms. The van der Waals surface area contributed by atoms with Crippen LogP contribution in [0.4, 0.5) is 11.5 Å². The number of nitrogens with two attached hydrogens (primary N) is 1. The second kappa shape index (κ2) is 5.94. The number of ether oxygens (including phenoxy) is 1. The maximum atomic E-state index is 10.9. The number of hydrogen-bond acceptors (Lipinski definition) is 6. The van der Waals surface area contributed by atoms with Gasteiger partial charge in [0.1, 0.15) is 5.75 Å². The molecule has 1 aromatic heterocycles. The van der Waals surface area contributed by atoms with Crippen molar-refractivity contribution < 1.29 is 9.66 Å². The number of hydrazine groups is 1. The lowest BCUT2D eigenvalue weighted by Gasteiger charge is -2.12. The van der Waals surface area contributed by atoms with Crippen LogP contribution in [0.5, 0.6) is 11.6 Å². The van der Waals surface area contributed by atoms with Gasteiger partial charge in [0.15, 0.2) is 5.82 Å². The minimum atomic E-state index is -0.545. The number of rotatable bonds is 4. The van der Waals surface area contributed by atoms with Crippen LogP contribution in [0.2, 0.25) is 5.02 Å². The summed E-state index contributed by atoms with van der Waals surface area (Å²) in [5.74, 6) is 6.02. The Hall–Kier alpha value is -2.38. The van der Waals surface area contributed by atoms with Crippen LogP contribution < -0.4 is 16.0 Å². The van der Waals surface area contributed by atoms with Gasteiger partial charge in [-0.1, -0.05) is 11.6 Å². The number of aryl methyl sites for hydroxylation is 2. The first-order valence-corrected chi connectivity index (χ1v) is 6.36. The average Bonchev–Trinajstić information content (AvgIpc) is 2.42. The second-order valence-corrected chi connectivity index (χ2v) is 4.86. The van der Waals surface area contributed by atoms with Crippen LogP contribution in [-0.2, 0) is 0 Å². The fraction of sp³-hybridized carbons (Fsp3) is 0.154. The van der Waals surface area contributed by atoms with E-state index in [4.69, 9.17) is 22.2 Å². The molecule has 0 atom stereocenters. The number of halogens is 1. The Labute approximate surface area is 125 Å². The maximum absolute atomic E-state index is 10.9. The first-order valence-electron chi connectivity index (χ1n) is 5.98. The standard InChI is InChI=1S/C13H13ClN4O3/c1-7-3-9(14)4-8(2)13(7)21-12-6-10(18(19)20)5-11(16-12)17-15/h3-6H,15H2,1-2H3,(H,16,17). The topological polar surface area (TPSA) is 103 Å². The predicted octanol–water partition coefficient (Wildman–Crippen LogP) is 3.34. The maximum Gasteiger partial charge on any atom is 0.278 e. The number of anilines is 1. The van der Waals surface area contributed by atoms with E-state index in [9.17, 15) is 10.1 Å². The quantitative estimate of drug-likeness (QED) is 0.510. The number of nitrogen functional groups attached to an aromatic ring is 1. The summed E-state index contributed by atoms with van der Waals surface area (Å²) in [5, 5.41) is 11.5. The van der Waals surface area contributed by atoms with Crippen molar-refractivity contribution in [2.45, 2.75) is 13.8 Å². The van der Waals surface area contributed by atoms with Crippen molar-refractivity contribution in [2.75, 3.05) is 5.43 Å². The summed E-state index contributed by atoms with van der Waals surface area (Å²) >= 11 is 5.95. The van der Waals surface area contributed by atoms with Crippen molar-refractivity contribution in [1.82, 2.24) is 4.98 Å². The number of aromatic nitrogens is 1. The van der Waals surface area contributed by atoms with Gasteiger partial charge < -0.3 is 10.2 Å². The van der Waals surface area contributed by atoms with E-state index in [2.05, 4.69) is 10.4 Å². The van der Waals surface area contributed by atoms with E-state index in [1.165, 1.54) is 12.1 Å². The summed E-state index contributed by atoms with van der Waals surface area (Å²) in [7, 11) is 0. The summed E-state index contributed by atoms with van der Waals surface area (Å²) in [4.78, 5) is 14.4. The normalized spacial score (nSPS) is 10.3. The minimum absolute atomic E-state index is 0.0747. The molecule has 1 heterocycles. The van der Waals surface area contributed by atoms with Gasteiger partial charge in [0, 0.05) is 5.02 Å². The zero-order valence-corrected chi connectivity index (χ0v) is 12.1. The SMILES string of the molecule is Cc1cc(Cl)cc(C)c1Oc1cc([N+](=O)[O-])cc(NN)n1. The highest BCUT2D eigenvalue weighted by Gasteiger charge is 2.14. The van der Waals surface area contributed by atoms with E-state index in [1.807, 2.05) is 13.8 Å². The number of benzene rings is 1. The van der Waals surface area contributed by atoms with Gasteiger partial charge in [-0.15, -0.1) is 0 Å². The Balaban J connectivity index is 2.44. The van der Waals surface area contributed by atoms with Crippen LogP contribution in [-0.4, -0.2) is 9.91 Å². The fourth-order valence-electron chi connectivity index (χ4n) is 1.89. The van der Waals surface area contributed by atoms with Crippen molar-refractivity contribution in [3.8, 4) is 11.6 Å². The molecule has 0 saturated heterocycles. The summed E-state index contributed by atoms with van der Waals surface area (Å²) in [6.45, 7) is 3.65. The molecule has 3 N–H and O–H groups in total. The molecule has 0 unspecified atom stereocenters. The fourth-order valence-corrected chi connectivity index (χ4v) is 2.21. The predicted molar refractivity (Wildman–Crippen MR) is 79.7 cm³/mol. The molecule has 1 aromatic carbocycles. The van der Waals surface area contributed by atoms with Crippen LogP contribution in [0.3, 0.4) is 0 Å². The van der Waals surface area contributed by atoms with Crippen molar-refractivity contribution in [2.24, 2.45) is 5.84 Å². The summed E-state index contributed by atoms with van der Waals surface area (Å²) in [5.41, 5.74) is 3.70. The number of pyridine rings is 1. The molecule has 0 fully saturated rings. The Morgan fingerprint density at radius 2 is 1.90 bits per heavy atom. The zero-order valence-electron chi connectivity index (χ0n) is 11.4. The molecular formula is C13H13ClN4O3. The third-order valence-corrected chi connectivity index (χ3v) is 3.00. The average molecular weight is 309 g/mol. The highest BCUT2D eigenvalue weighted by molar-refractivity contribution is 6.30. The van der Waals surface area contributed by atoms with Crippen molar-refractivity contribution in [3.05, 3.63) is 50.5 Å². The molecule has 0 aliphatic carbocycles. The monoisotopic (exact) mass is 308 g/mol. The van der Waals surface area contributed by atoms with Gasteiger partial charge >= 0.3 is 0 Å². The van der Waals surface area contributed by atoms with Gasteiger partial charge in [-0.3, -0.25) is 10.1 Å². The molecule has 110 valence electrons. The van der Waals surface area contributed by atoms with Crippen LogP contribution >= 0.6 is 11.6 Å². The molecule has 0 bridgehead atoms. The summed E-state index contributed by atoms with van der Waals surface area (Å²) in [6, 6.07) is 5.93. The van der Waals surface area contributed by atoms with Gasteiger partial charge in [-0.25, -0.2) is 5.84 Å². The summed E-state index contributed by atoms with van der Waals surface area (Å²) < 4.78 is 5.66. The van der Waals surface area contributed by atoms with Crippen LogP contribution in [0, 0.1) is 24.0 Å². The molecule has 2 rings (SSSR count). The lowest BCUT2D eigenvalue weighted by molar-refractivity contribution is -0.384. The van der Waals surface area contributed by atoms with E-state index in [-0.39, 0.29) is 17.4 Å². The Bertz CT molecular complexity index is 683. The lowest BCUT2D eigenvalue weighted by Crippen LogP contribution is -2.09. The second-order valence-electron chi connectivity index (χ2n) is 4.42. The molecule has 0 saturated carbocycles. The first kappa shape index (κ1) is 15.0. The largest absolute Gasteiger partial charge is 0.438 e. The van der Waals surface area contributed by atoms with E-state index in [0.29, 0.717) is 10.8 Å². The van der Waals surface area contributed by atoms with E-state index < -0.39 is 4.92 Å². The zero-order chi connectivity index (χ0) is 15.6. The van der Waals surface area contributed by atoms with Gasteiger partial charge in [-0.05, 0) is 37.1 Å². The molecule has 0 aliphatic heterocycles. The molecular weight excluding hydrogens is 296 g/mol. The number of nitrogens with one attached hydrogen (secondary N) is 1. The number of nitrogens with zero attached hydrogens (tertiary/aromatic N) is 2. The molecule has 0 amide bonds. The third kappa shape index (κ3) is 3.39. The highest BCUT2D eigenvalue weighted by atomic mass is 35.5. The molecule has 7 nitrogen and oxygen atoms in total. The van der Waals surface area contributed by atoms with Crippen LogP contribution in [0.15, 0.2) is 24.3 Å². The number of hydrogen-bond donors (Lipinski definition) is 2. The Morgan fingerprint density at radius 3 is 2.43 bits per heavy atom. The van der Waals surface area contributed by atoms with Crippen molar-refractivity contribution in [1.29, 1.82) is 0 Å². The van der Waals surface area contributed by atoms with E-state index >= 15 is 0 Å². The molecule has 8 heteroatoms. The van der Waals surface area contributed by atoms with Crippen molar-refractivity contribution >= 4 is 23.1 Å².